The van der Waals surface area contributed by atoms with Gasteiger partial charge in [-0.15, -0.1) is 0 Å². The molecule has 4 heteroatoms. The molecule has 2 fully saturated rings. The second-order valence-electron chi connectivity index (χ2n) is 6.71. The number of piperidine rings is 1. The number of likely N-dealkylation sites (tertiary alicyclic amines) is 1. The number of carboxylic acids is 1. The second-order valence-corrected chi connectivity index (χ2v) is 6.71. The van der Waals surface area contributed by atoms with Gasteiger partial charge in [-0.1, -0.05) is 0 Å². The van der Waals surface area contributed by atoms with E-state index in [0.717, 1.165) is 45.7 Å². The smallest absolute Gasteiger partial charge is 0.309 e. The highest BCUT2D eigenvalue weighted by molar-refractivity contribution is 5.74. The molecule has 2 rings (SSSR count). The predicted octanol–water partition coefficient (Wildman–Crippen LogP) is 2.24. The maximum absolute atomic E-state index is 11.4. The quantitative estimate of drug-likeness (QED) is 0.850. The summed E-state index contributed by atoms with van der Waals surface area (Å²) in [5.74, 6) is 0.240. The van der Waals surface area contributed by atoms with Gasteiger partial charge < -0.3 is 14.7 Å². The van der Waals surface area contributed by atoms with Crippen LogP contribution in [0.25, 0.3) is 0 Å². The molecule has 4 nitrogen and oxygen atoms in total. The van der Waals surface area contributed by atoms with Crippen molar-refractivity contribution in [2.24, 2.45) is 17.3 Å². The molecule has 2 unspecified atom stereocenters. The first-order chi connectivity index (χ1) is 9.00. The van der Waals surface area contributed by atoms with Gasteiger partial charge in [0, 0.05) is 19.7 Å². The lowest BCUT2D eigenvalue weighted by molar-refractivity contribution is -0.151. The minimum Gasteiger partial charge on any atom is -0.481 e. The molecule has 0 radical (unpaired) electrons. The normalized spacial score (nSPS) is 30.2. The summed E-state index contributed by atoms with van der Waals surface area (Å²) >= 11 is 0. The zero-order valence-electron chi connectivity index (χ0n) is 12.2. The number of hydrogen-bond acceptors (Lipinski definition) is 3. The molecule has 2 saturated heterocycles. The third kappa shape index (κ3) is 3.69. The number of carboxylic acid groups (broad SMARTS) is 1. The Kier molecular flexibility index (Phi) is 4.85. The molecule has 0 aromatic carbocycles. The minimum absolute atomic E-state index is 0.267. The summed E-state index contributed by atoms with van der Waals surface area (Å²) in [7, 11) is 0. The van der Waals surface area contributed by atoms with Crippen molar-refractivity contribution in [2.45, 2.75) is 39.5 Å². The molecule has 0 aliphatic carbocycles. The Hall–Kier alpha value is -0.610. The van der Waals surface area contributed by atoms with Crippen LogP contribution in [0.1, 0.15) is 39.5 Å². The lowest BCUT2D eigenvalue weighted by atomic mass is 9.74. The SMILES string of the molecule is CC(C)(C(=O)O)C1CCCN(CC2CCCOC2)C1. The Morgan fingerprint density at radius 2 is 2.16 bits per heavy atom. The van der Waals surface area contributed by atoms with E-state index in [0.29, 0.717) is 5.92 Å². The Morgan fingerprint density at radius 1 is 1.37 bits per heavy atom. The van der Waals surface area contributed by atoms with Gasteiger partial charge in [-0.05, 0) is 57.9 Å². The van der Waals surface area contributed by atoms with Gasteiger partial charge in [-0.3, -0.25) is 4.79 Å². The van der Waals surface area contributed by atoms with E-state index in [4.69, 9.17) is 4.74 Å². The molecule has 0 aromatic rings. The summed E-state index contributed by atoms with van der Waals surface area (Å²) in [5.41, 5.74) is -0.609. The van der Waals surface area contributed by atoms with Gasteiger partial charge in [0.2, 0.25) is 0 Å². The highest BCUT2D eigenvalue weighted by Gasteiger charge is 2.39. The minimum atomic E-state index is -0.666. The van der Waals surface area contributed by atoms with Crippen molar-refractivity contribution in [1.29, 1.82) is 0 Å². The number of hydrogen-bond donors (Lipinski definition) is 1. The Bertz CT molecular complexity index is 311. The highest BCUT2D eigenvalue weighted by atomic mass is 16.5. The van der Waals surface area contributed by atoms with Crippen LogP contribution in [0.2, 0.25) is 0 Å². The zero-order valence-corrected chi connectivity index (χ0v) is 12.2. The third-order valence-electron chi connectivity index (χ3n) is 4.85. The molecular weight excluding hydrogens is 242 g/mol. The van der Waals surface area contributed by atoms with Crippen LogP contribution in [-0.4, -0.2) is 48.8 Å². The Balaban J connectivity index is 1.88. The predicted molar refractivity (Wildman–Crippen MR) is 74.1 cm³/mol. The maximum Gasteiger partial charge on any atom is 0.309 e. The van der Waals surface area contributed by atoms with Crippen molar-refractivity contribution in [3.63, 3.8) is 0 Å². The van der Waals surface area contributed by atoms with Crippen LogP contribution >= 0.6 is 0 Å². The van der Waals surface area contributed by atoms with Crippen LogP contribution in [0.15, 0.2) is 0 Å². The topological polar surface area (TPSA) is 49.8 Å². The van der Waals surface area contributed by atoms with E-state index < -0.39 is 11.4 Å². The number of carbonyl (C=O) groups is 1. The molecule has 2 heterocycles. The fraction of sp³-hybridized carbons (Fsp3) is 0.933. The average molecular weight is 269 g/mol. The first-order valence-electron chi connectivity index (χ1n) is 7.53. The summed E-state index contributed by atoms with van der Waals surface area (Å²) < 4.78 is 5.54. The van der Waals surface area contributed by atoms with E-state index in [1.807, 2.05) is 13.8 Å². The monoisotopic (exact) mass is 269 g/mol. The molecule has 2 aliphatic heterocycles. The maximum atomic E-state index is 11.4. The summed E-state index contributed by atoms with van der Waals surface area (Å²) in [4.78, 5) is 13.8. The molecule has 0 aromatic heterocycles. The molecule has 19 heavy (non-hydrogen) atoms. The van der Waals surface area contributed by atoms with E-state index in [1.165, 1.54) is 12.8 Å². The van der Waals surface area contributed by atoms with Crippen LogP contribution in [0.4, 0.5) is 0 Å². The van der Waals surface area contributed by atoms with Crippen molar-refractivity contribution in [3.8, 4) is 0 Å². The number of ether oxygens (including phenoxy) is 1. The van der Waals surface area contributed by atoms with E-state index in [9.17, 15) is 9.90 Å². The first-order valence-corrected chi connectivity index (χ1v) is 7.53. The first kappa shape index (κ1) is 14.8. The van der Waals surface area contributed by atoms with Crippen molar-refractivity contribution >= 4 is 5.97 Å². The van der Waals surface area contributed by atoms with Gasteiger partial charge >= 0.3 is 5.97 Å². The van der Waals surface area contributed by atoms with Crippen molar-refractivity contribution in [2.75, 3.05) is 32.8 Å². The van der Waals surface area contributed by atoms with Gasteiger partial charge in [0.1, 0.15) is 0 Å². The molecular formula is C15H27NO3. The Morgan fingerprint density at radius 3 is 2.79 bits per heavy atom. The molecule has 0 amide bonds. The molecule has 110 valence electrons. The van der Waals surface area contributed by atoms with E-state index in [-0.39, 0.29) is 5.92 Å². The lowest BCUT2D eigenvalue weighted by Crippen LogP contribution is -2.46. The van der Waals surface area contributed by atoms with Crippen LogP contribution < -0.4 is 0 Å². The molecule has 2 aliphatic rings. The fourth-order valence-corrected chi connectivity index (χ4v) is 3.30. The van der Waals surface area contributed by atoms with Gasteiger partial charge in [-0.25, -0.2) is 0 Å². The molecule has 2 atom stereocenters. The number of rotatable bonds is 4. The van der Waals surface area contributed by atoms with E-state index in [2.05, 4.69) is 4.90 Å². The summed E-state index contributed by atoms with van der Waals surface area (Å²) in [5, 5.41) is 9.36. The zero-order chi connectivity index (χ0) is 13.9. The van der Waals surface area contributed by atoms with Crippen LogP contribution in [0.3, 0.4) is 0 Å². The molecule has 0 saturated carbocycles. The lowest BCUT2D eigenvalue weighted by Gasteiger charge is -2.40. The third-order valence-corrected chi connectivity index (χ3v) is 4.85. The Labute approximate surface area is 116 Å². The van der Waals surface area contributed by atoms with Crippen molar-refractivity contribution in [1.82, 2.24) is 4.90 Å². The van der Waals surface area contributed by atoms with E-state index in [1.54, 1.807) is 0 Å². The fourth-order valence-electron chi connectivity index (χ4n) is 3.30. The van der Waals surface area contributed by atoms with Gasteiger partial charge in [0.25, 0.3) is 0 Å². The van der Waals surface area contributed by atoms with Gasteiger partial charge in [-0.2, -0.15) is 0 Å². The van der Waals surface area contributed by atoms with Crippen molar-refractivity contribution < 1.29 is 14.6 Å². The van der Waals surface area contributed by atoms with Crippen LogP contribution in [0, 0.1) is 17.3 Å². The number of nitrogens with zero attached hydrogens (tertiary/aromatic N) is 1. The van der Waals surface area contributed by atoms with E-state index >= 15 is 0 Å². The molecule has 1 N–H and O–H groups in total. The summed E-state index contributed by atoms with van der Waals surface area (Å²) in [6.07, 6.45) is 4.58. The van der Waals surface area contributed by atoms with Crippen LogP contribution in [-0.2, 0) is 9.53 Å². The van der Waals surface area contributed by atoms with Gasteiger partial charge in [0.05, 0.1) is 12.0 Å². The summed E-state index contributed by atoms with van der Waals surface area (Å²) in [6.45, 7) is 8.64. The average Bonchev–Trinajstić information content (AvgIpc) is 2.40. The van der Waals surface area contributed by atoms with Crippen LogP contribution in [0.5, 0.6) is 0 Å². The highest BCUT2D eigenvalue weighted by Crippen LogP contribution is 2.34. The second kappa shape index (κ2) is 6.23. The largest absolute Gasteiger partial charge is 0.481 e. The standard InChI is InChI=1S/C15H27NO3/c1-15(2,14(17)18)13-6-3-7-16(10-13)9-12-5-4-8-19-11-12/h12-13H,3-11H2,1-2H3,(H,17,18). The number of aliphatic carboxylic acids is 1. The summed E-state index contributed by atoms with van der Waals surface area (Å²) in [6, 6.07) is 0. The van der Waals surface area contributed by atoms with Gasteiger partial charge in [0.15, 0.2) is 0 Å². The molecule has 0 bridgehead atoms. The molecule has 0 spiro atoms. The van der Waals surface area contributed by atoms with Crippen molar-refractivity contribution in [3.05, 3.63) is 0 Å².